The Labute approximate surface area is 179 Å². The van der Waals surface area contributed by atoms with Gasteiger partial charge in [0.1, 0.15) is 6.54 Å². The lowest BCUT2D eigenvalue weighted by molar-refractivity contribution is -0.144. The van der Waals surface area contributed by atoms with Gasteiger partial charge in [0.25, 0.3) is 11.8 Å². The zero-order valence-corrected chi connectivity index (χ0v) is 17.2. The molecule has 2 bridgehead atoms. The minimum atomic E-state index is -0.317. The first-order chi connectivity index (χ1) is 15.1. The number of aromatic nitrogens is 1. The van der Waals surface area contributed by atoms with Crippen LogP contribution < -0.4 is 0 Å². The van der Waals surface area contributed by atoms with Gasteiger partial charge in [0.15, 0.2) is 0 Å². The minimum absolute atomic E-state index is 0.0890. The predicted octanol–water partition coefficient (Wildman–Crippen LogP) is 2.59. The Kier molecular flexibility index (Phi) is 3.97. The van der Waals surface area contributed by atoms with Crippen LogP contribution in [0.3, 0.4) is 0 Å². The fourth-order valence-electron chi connectivity index (χ4n) is 6.03. The van der Waals surface area contributed by atoms with E-state index in [4.69, 9.17) is 4.74 Å². The Morgan fingerprint density at radius 2 is 1.81 bits per heavy atom. The third-order valence-electron chi connectivity index (χ3n) is 7.38. The molecule has 7 rings (SSSR count). The van der Waals surface area contributed by atoms with E-state index in [-0.39, 0.29) is 48.0 Å². The van der Waals surface area contributed by atoms with Gasteiger partial charge in [0, 0.05) is 22.7 Å². The quantitative estimate of drug-likeness (QED) is 0.324. The number of allylic oxidation sites excluding steroid dienone is 2. The van der Waals surface area contributed by atoms with Gasteiger partial charge in [0.2, 0.25) is 0 Å². The molecule has 6 atom stereocenters. The third kappa shape index (κ3) is 2.65. The van der Waals surface area contributed by atoms with E-state index in [2.05, 4.69) is 17.3 Å². The second-order valence-corrected chi connectivity index (χ2v) is 8.92. The number of para-hydroxylation sites is 1. The number of fused-ring (bicyclic) bond motifs is 1. The van der Waals surface area contributed by atoms with Crippen LogP contribution >= 0.6 is 0 Å². The summed E-state index contributed by atoms with van der Waals surface area (Å²) in [6.07, 6.45) is 8.82. The summed E-state index contributed by atoms with van der Waals surface area (Å²) in [6.45, 7) is 2.19. The van der Waals surface area contributed by atoms with Crippen LogP contribution in [0.4, 0.5) is 0 Å². The van der Waals surface area contributed by atoms with Crippen molar-refractivity contribution >= 4 is 34.9 Å². The molecule has 31 heavy (non-hydrogen) atoms. The number of esters is 1. The van der Waals surface area contributed by atoms with Crippen LogP contribution in [0.2, 0.25) is 0 Å². The van der Waals surface area contributed by atoms with Crippen molar-refractivity contribution in [1.29, 1.82) is 0 Å². The van der Waals surface area contributed by atoms with E-state index in [9.17, 15) is 14.4 Å². The SMILES string of the molecule is CCOC(=O)Cn1cc(/C=N\N2C(=O)[C@@H]3[C@H]4C=C[C@@H]([C@@H]5C[C@H]45)[C@@H]3C2=O)c2ccccc21. The Morgan fingerprint density at radius 1 is 1.13 bits per heavy atom. The van der Waals surface area contributed by atoms with Gasteiger partial charge in [-0.25, -0.2) is 0 Å². The molecule has 0 unspecified atom stereocenters. The smallest absolute Gasteiger partial charge is 0.325 e. The maximum atomic E-state index is 13.1. The predicted molar refractivity (Wildman–Crippen MR) is 113 cm³/mol. The zero-order chi connectivity index (χ0) is 21.3. The number of nitrogens with zero attached hydrogens (tertiary/aromatic N) is 3. The highest BCUT2D eigenvalue weighted by molar-refractivity contribution is 6.07. The van der Waals surface area contributed by atoms with Crippen LogP contribution in [0.1, 0.15) is 18.9 Å². The highest BCUT2D eigenvalue weighted by Gasteiger charge is 2.67. The second kappa shape index (κ2) is 6.64. The molecule has 2 heterocycles. The zero-order valence-electron chi connectivity index (χ0n) is 17.2. The van der Waals surface area contributed by atoms with Crippen molar-refractivity contribution in [2.75, 3.05) is 6.61 Å². The molecule has 0 radical (unpaired) electrons. The molecule has 2 saturated carbocycles. The lowest BCUT2D eigenvalue weighted by Gasteiger charge is -2.37. The molecule has 4 aliphatic carbocycles. The molecular formula is C24H23N3O4. The number of hydrazone groups is 1. The summed E-state index contributed by atoms with van der Waals surface area (Å²) >= 11 is 0. The summed E-state index contributed by atoms with van der Waals surface area (Å²) in [4.78, 5) is 38.2. The highest BCUT2D eigenvalue weighted by Crippen LogP contribution is 2.65. The molecule has 1 aromatic carbocycles. The fourth-order valence-corrected chi connectivity index (χ4v) is 6.03. The first-order valence-electron chi connectivity index (χ1n) is 10.9. The van der Waals surface area contributed by atoms with Crippen molar-refractivity contribution in [3.63, 3.8) is 0 Å². The van der Waals surface area contributed by atoms with Gasteiger partial charge in [-0.15, -0.1) is 0 Å². The summed E-state index contributed by atoms with van der Waals surface area (Å²) in [6, 6.07) is 7.66. The van der Waals surface area contributed by atoms with Crippen LogP contribution in [0.5, 0.6) is 0 Å². The first kappa shape index (κ1) is 18.5. The molecule has 5 aliphatic rings. The Balaban J connectivity index is 1.30. The van der Waals surface area contributed by atoms with Crippen LogP contribution in [0, 0.1) is 35.5 Å². The molecule has 0 N–H and O–H groups in total. The van der Waals surface area contributed by atoms with Gasteiger partial charge >= 0.3 is 5.97 Å². The molecule has 1 saturated heterocycles. The molecule has 158 valence electrons. The van der Waals surface area contributed by atoms with Crippen molar-refractivity contribution in [2.24, 2.45) is 40.6 Å². The molecule has 2 aromatic rings. The van der Waals surface area contributed by atoms with Crippen molar-refractivity contribution in [2.45, 2.75) is 19.9 Å². The van der Waals surface area contributed by atoms with Crippen molar-refractivity contribution in [1.82, 2.24) is 9.58 Å². The number of amides is 2. The summed E-state index contributed by atoms with van der Waals surface area (Å²) in [5.74, 6) is 0.323. The van der Waals surface area contributed by atoms with E-state index < -0.39 is 0 Å². The maximum absolute atomic E-state index is 13.1. The summed E-state index contributed by atoms with van der Waals surface area (Å²) in [5, 5.41) is 6.33. The molecule has 7 heteroatoms. The van der Waals surface area contributed by atoms with Gasteiger partial charge in [-0.3, -0.25) is 14.4 Å². The van der Waals surface area contributed by atoms with Crippen LogP contribution in [0.15, 0.2) is 47.7 Å². The Bertz CT molecular complexity index is 1140. The first-order valence-corrected chi connectivity index (χ1v) is 10.9. The van der Waals surface area contributed by atoms with E-state index in [1.807, 2.05) is 30.5 Å². The number of rotatable bonds is 5. The Morgan fingerprint density at radius 3 is 2.48 bits per heavy atom. The van der Waals surface area contributed by atoms with Gasteiger partial charge in [0.05, 0.1) is 24.7 Å². The Hall–Kier alpha value is -3.22. The fraction of sp³-hybridized carbons (Fsp3) is 0.417. The van der Waals surface area contributed by atoms with Crippen LogP contribution in [-0.2, 0) is 25.7 Å². The number of benzene rings is 1. The standard InChI is InChI=1S/C24H23N3O4/c1-2-31-20(28)12-26-11-13(14-5-3-4-6-19(14)26)10-25-27-23(29)21-15-7-8-16(18-9-17(15)18)22(21)24(27)30/h3-8,10-11,15-18,21-22H,2,9,12H2,1H3/b25-10-/t15-,16-,17-,18+,21-,22+/m0/s1. The number of hydrogen-bond donors (Lipinski definition) is 0. The largest absolute Gasteiger partial charge is 0.465 e. The highest BCUT2D eigenvalue weighted by atomic mass is 16.5. The summed E-state index contributed by atoms with van der Waals surface area (Å²) in [7, 11) is 0. The van der Waals surface area contributed by atoms with Crippen molar-refractivity contribution in [3.05, 3.63) is 48.2 Å². The molecule has 1 aliphatic heterocycles. The lowest BCUT2D eigenvalue weighted by Crippen LogP contribution is -2.40. The van der Waals surface area contributed by atoms with Crippen LogP contribution in [-0.4, -0.2) is 40.2 Å². The molecule has 1 aromatic heterocycles. The number of ether oxygens (including phenoxy) is 1. The number of carbonyl (C=O) groups excluding carboxylic acids is 3. The minimum Gasteiger partial charge on any atom is -0.465 e. The normalized spacial score (nSPS) is 32.7. The van der Waals surface area contributed by atoms with Crippen molar-refractivity contribution in [3.8, 4) is 0 Å². The molecule has 2 amide bonds. The second-order valence-electron chi connectivity index (χ2n) is 8.92. The van der Waals surface area contributed by atoms with E-state index in [0.717, 1.165) is 27.9 Å². The van der Waals surface area contributed by atoms with Gasteiger partial charge in [-0.05, 0) is 43.1 Å². The van der Waals surface area contributed by atoms with Gasteiger partial charge in [-0.2, -0.15) is 10.1 Å². The molecule has 3 fully saturated rings. The van der Waals surface area contributed by atoms with Crippen LogP contribution in [0.25, 0.3) is 10.9 Å². The average molecular weight is 417 g/mol. The van der Waals surface area contributed by atoms with Crippen molar-refractivity contribution < 1.29 is 19.1 Å². The topological polar surface area (TPSA) is 81.0 Å². The molecule has 0 spiro atoms. The average Bonchev–Trinajstić information content (AvgIpc) is 3.48. The van der Waals surface area contributed by atoms with E-state index in [1.54, 1.807) is 17.7 Å². The molecular weight excluding hydrogens is 394 g/mol. The van der Waals surface area contributed by atoms with E-state index >= 15 is 0 Å². The third-order valence-corrected chi connectivity index (χ3v) is 7.38. The lowest BCUT2D eigenvalue weighted by atomic mass is 9.63. The monoisotopic (exact) mass is 417 g/mol. The maximum Gasteiger partial charge on any atom is 0.325 e. The van der Waals surface area contributed by atoms with E-state index in [0.29, 0.717) is 18.4 Å². The summed E-state index contributed by atoms with van der Waals surface area (Å²) in [5.41, 5.74) is 1.62. The van der Waals surface area contributed by atoms with E-state index in [1.165, 1.54) is 0 Å². The number of hydrogen-bond acceptors (Lipinski definition) is 5. The van der Waals surface area contributed by atoms with Gasteiger partial charge in [-0.1, -0.05) is 30.4 Å². The molecule has 7 nitrogen and oxygen atoms in total. The summed E-state index contributed by atoms with van der Waals surface area (Å²) < 4.78 is 6.87. The number of imide groups is 1. The number of carbonyl (C=O) groups is 3. The van der Waals surface area contributed by atoms with Gasteiger partial charge < -0.3 is 9.30 Å².